The Kier molecular flexibility index (Phi) is 6.01. The Morgan fingerprint density at radius 2 is 1.45 bits per heavy atom. The summed E-state index contributed by atoms with van der Waals surface area (Å²) in [4.78, 5) is 23.7. The summed E-state index contributed by atoms with van der Waals surface area (Å²) < 4.78 is 12.8. The number of halogens is 1. The van der Waals surface area contributed by atoms with E-state index in [9.17, 15) is 14.0 Å². The molecule has 0 N–H and O–H groups in total. The van der Waals surface area contributed by atoms with Gasteiger partial charge in [-0.3, -0.25) is 9.59 Å². The number of unbranched alkanes of at least 4 members (excludes halogenated alkanes) is 1. The minimum absolute atomic E-state index is 0.117. The van der Waals surface area contributed by atoms with Crippen molar-refractivity contribution in [2.75, 3.05) is 0 Å². The molecule has 0 aliphatic rings. The van der Waals surface area contributed by atoms with Gasteiger partial charge >= 0.3 is 0 Å². The van der Waals surface area contributed by atoms with Gasteiger partial charge in [0.25, 0.3) is 0 Å². The van der Waals surface area contributed by atoms with Crippen LogP contribution in [0.2, 0.25) is 0 Å². The first-order valence-corrected chi connectivity index (χ1v) is 7.49. The second kappa shape index (κ2) is 8.23. The fraction of sp³-hybridized carbons (Fsp3) is 0.263. The Morgan fingerprint density at radius 1 is 0.818 bits per heavy atom. The van der Waals surface area contributed by atoms with E-state index in [0.29, 0.717) is 32.1 Å². The number of ketones is 2. The summed E-state index contributed by atoms with van der Waals surface area (Å²) in [5, 5.41) is 0. The molecule has 2 nitrogen and oxygen atoms in total. The molecule has 0 aliphatic heterocycles. The molecule has 22 heavy (non-hydrogen) atoms. The third-order valence-electron chi connectivity index (χ3n) is 3.52. The number of carbonyl (C=O) groups excluding carboxylic acids is 2. The molecular weight excluding hydrogens is 279 g/mol. The maximum absolute atomic E-state index is 12.8. The first-order chi connectivity index (χ1) is 10.6. The highest BCUT2D eigenvalue weighted by Gasteiger charge is 2.07. The number of carbonyl (C=O) groups is 2. The van der Waals surface area contributed by atoms with Crippen molar-refractivity contribution in [1.29, 1.82) is 0 Å². The second-order valence-corrected chi connectivity index (χ2v) is 5.34. The van der Waals surface area contributed by atoms with E-state index in [0.717, 1.165) is 11.1 Å². The summed E-state index contributed by atoms with van der Waals surface area (Å²) >= 11 is 0. The summed E-state index contributed by atoms with van der Waals surface area (Å²) in [5.74, 6) is -0.0547. The third-order valence-corrected chi connectivity index (χ3v) is 3.52. The average Bonchev–Trinajstić information content (AvgIpc) is 2.54. The first kappa shape index (κ1) is 16.1. The zero-order chi connectivity index (χ0) is 15.8. The Morgan fingerprint density at radius 3 is 2.14 bits per heavy atom. The number of rotatable bonds is 8. The van der Waals surface area contributed by atoms with Gasteiger partial charge in [-0.2, -0.15) is 0 Å². The van der Waals surface area contributed by atoms with Crippen molar-refractivity contribution in [2.24, 2.45) is 0 Å². The molecule has 0 radical (unpaired) electrons. The molecule has 0 atom stereocenters. The Bertz CT molecular complexity index is 618. The minimum Gasteiger partial charge on any atom is -0.299 e. The molecular formula is C19H19FO2. The van der Waals surface area contributed by atoms with Crippen LogP contribution in [-0.4, -0.2) is 11.6 Å². The smallest absolute Gasteiger partial charge is 0.162 e. The van der Waals surface area contributed by atoms with Gasteiger partial charge in [0, 0.05) is 24.8 Å². The van der Waals surface area contributed by atoms with Crippen LogP contribution in [-0.2, 0) is 11.2 Å². The Labute approximate surface area is 130 Å². The van der Waals surface area contributed by atoms with Crippen molar-refractivity contribution in [3.63, 3.8) is 0 Å². The molecule has 0 saturated heterocycles. The fourth-order valence-corrected chi connectivity index (χ4v) is 2.29. The van der Waals surface area contributed by atoms with Crippen molar-refractivity contribution in [3.8, 4) is 0 Å². The Balaban J connectivity index is 1.67. The number of benzene rings is 2. The van der Waals surface area contributed by atoms with Crippen LogP contribution < -0.4 is 0 Å². The zero-order valence-corrected chi connectivity index (χ0v) is 12.4. The standard InChI is InChI=1S/C19H19FO2/c20-17-12-10-15(11-13-17)14-18(21)8-4-5-9-19(22)16-6-2-1-3-7-16/h1-3,6-7,10-13H,4-5,8-9,14H2. The van der Waals surface area contributed by atoms with Gasteiger partial charge in [0.1, 0.15) is 11.6 Å². The van der Waals surface area contributed by atoms with Crippen LogP contribution in [0.1, 0.15) is 41.6 Å². The van der Waals surface area contributed by atoms with Crippen LogP contribution in [0.4, 0.5) is 4.39 Å². The molecule has 0 aliphatic carbocycles. The summed E-state index contributed by atoms with van der Waals surface area (Å²) in [6.07, 6.45) is 2.67. The molecule has 0 unspecified atom stereocenters. The fourth-order valence-electron chi connectivity index (χ4n) is 2.29. The molecule has 0 saturated carbocycles. The molecule has 0 amide bonds. The van der Waals surface area contributed by atoms with Crippen LogP contribution in [0.3, 0.4) is 0 Å². The molecule has 0 bridgehead atoms. The second-order valence-electron chi connectivity index (χ2n) is 5.34. The molecule has 2 rings (SSSR count). The molecule has 0 aromatic heterocycles. The van der Waals surface area contributed by atoms with E-state index in [1.165, 1.54) is 12.1 Å². The van der Waals surface area contributed by atoms with E-state index in [1.807, 2.05) is 30.3 Å². The van der Waals surface area contributed by atoms with E-state index >= 15 is 0 Å². The molecule has 2 aromatic carbocycles. The van der Waals surface area contributed by atoms with Gasteiger partial charge in [0.05, 0.1) is 0 Å². The lowest BCUT2D eigenvalue weighted by molar-refractivity contribution is -0.118. The normalized spacial score (nSPS) is 10.4. The topological polar surface area (TPSA) is 34.1 Å². The number of hydrogen-bond acceptors (Lipinski definition) is 2. The van der Waals surface area contributed by atoms with E-state index < -0.39 is 0 Å². The summed E-state index contributed by atoms with van der Waals surface area (Å²) in [6.45, 7) is 0. The maximum Gasteiger partial charge on any atom is 0.162 e. The van der Waals surface area contributed by atoms with Gasteiger partial charge in [-0.1, -0.05) is 42.5 Å². The molecule has 2 aromatic rings. The van der Waals surface area contributed by atoms with Crippen molar-refractivity contribution < 1.29 is 14.0 Å². The minimum atomic E-state index is -0.296. The highest BCUT2D eigenvalue weighted by atomic mass is 19.1. The molecule has 0 heterocycles. The summed E-state index contributed by atoms with van der Waals surface area (Å²) in [6, 6.07) is 15.2. The lowest BCUT2D eigenvalue weighted by Gasteiger charge is -2.03. The van der Waals surface area contributed by atoms with Gasteiger partial charge in [-0.25, -0.2) is 4.39 Å². The SMILES string of the molecule is O=C(CCCCC(=O)c1ccccc1)Cc1ccc(F)cc1. The predicted octanol–water partition coefficient (Wildman–Crippen LogP) is 4.38. The zero-order valence-electron chi connectivity index (χ0n) is 12.4. The lowest BCUT2D eigenvalue weighted by Crippen LogP contribution is -2.04. The summed E-state index contributed by atoms with van der Waals surface area (Å²) in [5.41, 5.74) is 1.55. The van der Waals surface area contributed by atoms with E-state index in [2.05, 4.69) is 0 Å². The summed E-state index contributed by atoms with van der Waals surface area (Å²) in [7, 11) is 0. The monoisotopic (exact) mass is 298 g/mol. The maximum atomic E-state index is 12.8. The van der Waals surface area contributed by atoms with Crippen molar-refractivity contribution >= 4 is 11.6 Å². The highest BCUT2D eigenvalue weighted by molar-refractivity contribution is 5.95. The number of hydrogen-bond donors (Lipinski definition) is 0. The highest BCUT2D eigenvalue weighted by Crippen LogP contribution is 2.10. The molecule has 114 valence electrons. The van der Waals surface area contributed by atoms with Gasteiger partial charge < -0.3 is 0 Å². The van der Waals surface area contributed by atoms with Gasteiger partial charge in [-0.15, -0.1) is 0 Å². The van der Waals surface area contributed by atoms with Gasteiger partial charge in [-0.05, 0) is 30.5 Å². The molecule has 0 spiro atoms. The van der Waals surface area contributed by atoms with Crippen LogP contribution in [0.5, 0.6) is 0 Å². The molecule has 0 fully saturated rings. The number of Topliss-reactive ketones (excluding diaryl/α,β-unsaturated/α-hetero) is 2. The van der Waals surface area contributed by atoms with E-state index in [1.54, 1.807) is 12.1 Å². The van der Waals surface area contributed by atoms with Crippen LogP contribution in [0, 0.1) is 5.82 Å². The predicted molar refractivity (Wildman–Crippen MR) is 84.4 cm³/mol. The van der Waals surface area contributed by atoms with Crippen molar-refractivity contribution in [1.82, 2.24) is 0 Å². The van der Waals surface area contributed by atoms with Crippen molar-refractivity contribution in [3.05, 3.63) is 71.5 Å². The van der Waals surface area contributed by atoms with Crippen LogP contribution >= 0.6 is 0 Å². The average molecular weight is 298 g/mol. The van der Waals surface area contributed by atoms with Gasteiger partial charge in [0.15, 0.2) is 5.78 Å². The largest absolute Gasteiger partial charge is 0.299 e. The van der Waals surface area contributed by atoms with Crippen LogP contribution in [0.25, 0.3) is 0 Å². The third kappa shape index (κ3) is 5.24. The lowest BCUT2D eigenvalue weighted by atomic mass is 10.0. The van der Waals surface area contributed by atoms with E-state index in [-0.39, 0.29) is 17.4 Å². The first-order valence-electron chi connectivity index (χ1n) is 7.49. The van der Waals surface area contributed by atoms with Gasteiger partial charge in [0.2, 0.25) is 0 Å². The molecule has 3 heteroatoms. The quantitative estimate of drug-likeness (QED) is 0.535. The Hall–Kier alpha value is -2.29. The van der Waals surface area contributed by atoms with Crippen molar-refractivity contribution in [2.45, 2.75) is 32.1 Å². The van der Waals surface area contributed by atoms with Crippen LogP contribution in [0.15, 0.2) is 54.6 Å². The van der Waals surface area contributed by atoms with E-state index in [4.69, 9.17) is 0 Å².